The highest BCUT2D eigenvalue weighted by molar-refractivity contribution is 5.96. The van der Waals surface area contributed by atoms with Gasteiger partial charge in [-0.1, -0.05) is 5.16 Å². The third-order valence-electron chi connectivity index (χ3n) is 7.57. The molecule has 0 aliphatic carbocycles. The number of alkyl halides is 3. The number of carbonyl (C=O) groups excluding carboxylic acids is 2. The summed E-state index contributed by atoms with van der Waals surface area (Å²) >= 11 is 0. The van der Waals surface area contributed by atoms with E-state index in [4.69, 9.17) is 9.47 Å². The predicted molar refractivity (Wildman–Crippen MR) is 142 cm³/mol. The number of benzene rings is 1. The number of aromatic nitrogens is 4. The lowest BCUT2D eigenvalue weighted by molar-refractivity contribution is -0.145. The maximum Gasteiger partial charge on any atom is 0.437 e. The van der Waals surface area contributed by atoms with Crippen molar-refractivity contribution in [2.24, 2.45) is 5.92 Å². The van der Waals surface area contributed by atoms with Crippen molar-refractivity contribution in [2.45, 2.75) is 25.6 Å². The maximum absolute atomic E-state index is 13.4. The van der Waals surface area contributed by atoms with Crippen molar-refractivity contribution in [1.29, 1.82) is 0 Å². The molecule has 43 heavy (non-hydrogen) atoms. The molecule has 6 rings (SSSR count). The zero-order chi connectivity index (χ0) is 30.3. The van der Waals surface area contributed by atoms with E-state index in [9.17, 15) is 27.9 Å². The number of fused-ring (bicyclic) bond motifs is 1. The number of hydrogen-bond donors (Lipinski definition) is 1. The largest absolute Gasteiger partial charge is 0.437 e. The standard InChI is InChI=1S/C28H27F3N6O6/c1-16-10-19(43-25-24-33-12-22(37(24)5-4-32-25)21-15-42-34-23(21)28(29,30)31)2-3-20(16)27(40)36-8-6-35(7-9-36)26(39)17-11-18(38)14-41-13-17/h2-5,10,12,15,17-18,38H,6-9,11,13-14H2,1H3/t17-,18-/m1/s1. The molecule has 4 aromatic rings. The van der Waals surface area contributed by atoms with Gasteiger partial charge in [0.2, 0.25) is 11.6 Å². The molecule has 2 atom stereocenters. The summed E-state index contributed by atoms with van der Waals surface area (Å²) in [7, 11) is 0. The lowest BCUT2D eigenvalue weighted by Gasteiger charge is -2.37. The number of aliphatic hydroxyl groups is 1. The van der Waals surface area contributed by atoms with Gasteiger partial charge in [-0.3, -0.25) is 14.0 Å². The van der Waals surface area contributed by atoms with Gasteiger partial charge in [-0.05, 0) is 37.1 Å². The SMILES string of the molecule is Cc1cc(Oc2nccn3c(-c4conc4C(F)(F)F)cnc23)ccc1C(=O)N1CCN(C(=O)[C@H]2COC[C@H](O)C2)CC1. The number of aryl methyl sites for hydroxylation is 1. The molecule has 5 heterocycles. The van der Waals surface area contributed by atoms with Gasteiger partial charge in [0, 0.05) is 44.1 Å². The highest BCUT2D eigenvalue weighted by Gasteiger charge is 2.39. The molecule has 2 saturated heterocycles. The molecule has 0 radical (unpaired) electrons. The number of aliphatic hydroxyl groups excluding tert-OH is 1. The van der Waals surface area contributed by atoms with Crippen molar-refractivity contribution in [3.63, 3.8) is 0 Å². The minimum atomic E-state index is -4.71. The summed E-state index contributed by atoms with van der Waals surface area (Å²) < 4.78 is 57.3. The number of hydrogen-bond acceptors (Lipinski definition) is 9. The lowest BCUT2D eigenvalue weighted by atomic mass is 9.98. The second-order valence-corrected chi connectivity index (χ2v) is 10.5. The highest BCUT2D eigenvalue weighted by atomic mass is 19.4. The number of carbonyl (C=O) groups is 2. The first-order chi connectivity index (χ1) is 20.6. The van der Waals surface area contributed by atoms with E-state index in [0.717, 1.165) is 6.26 Å². The van der Waals surface area contributed by atoms with E-state index in [0.29, 0.717) is 49.5 Å². The molecule has 0 bridgehead atoms. The van der Waals surface area contributed by atoms with E-state index in [1.165, 1.54) is 23.0 Å². The van der Waals surface area contributed by atoms with E-state index in [1.54, 1.807) is 34.9 Å². The molecule has 1 aromatic carbocycles. The molecule has 12 nitrogen and oxygen atoms in total. The molecule has 1 N–H and O–H groups in total. The molecule has 0 spiro atoms. The molecule has 3 aromatic heterocycles. The zero-order valence-corrected chi connectivity index (χ0v) is 23.0. The number of amides is 2. The van der Waals surface area contributed by atoms with Crippen LogP contribution in [0.3, 0.4) is 0 Å². The Bertz CT molecular complexity index is 1660. The normalized spacial score (nSPS) is 19.6. The van der Waals surface area contributed by atoms with Gasteiger partial charge in [0.15, 0.2) is 5.69 Å². The van der Waals surface area contributed by atoms with Crippen LogP contribution in [-0.2, 0) is 15.7 Å². The van der Waals surface area contributed by atoms with Gasteiger partial charge in [-0.25, -0.2) is 9.97 Å². The predicted octanol–water partition coefficient (Wildman–Crippen LogP) is 3.19. The number of piperazine rings is 1. The van der Waals surface area contributed by atoms with Crippen molar-refractivity contribution >= 4 is 17.5 Å². The fourth-order valence-electron chi connectivity index (χ4n) is 5.38. The Morgan fingerprint density at radius 2 is 1.86 bits per heavy atom. The van der Waals surface area contributed by atoms with Crippen molar-refractivity contribution < 1.29 is 41.9 Å². The van der Waals surface area contributed by atoms with Crippen molar-refractivity contribution in [3.8, 4) is 22.9 Å². The topological polar surface area (TPSA) is 136 Å². The third-order valence-corrected chi connectivity index (χ3v) is 7.57. The lowest BCUT2D eigenvalue weighted by Crippen LogP contribution is -2.53. The molecule has 2 aliphatic rings. The Balaban J connectivity index is 1.13. The van der Waals surface area contributed by atoms with Crippen molar-refractivity contribution in [3.05, 3.63) is 59.9 Å². The molecule has 2 aliphatic heterocycles. The number of ether oxygens (including phenoxy) is 2. The van der Waals surface area contributed by atoms with Crippen molar-refractivity contribution in [2.75, 3.05) is 39.4 Å². The average molecular weight is 601 g/mol. The summed E-state index contributed by atoms with van der Waals surface area (Å²) in [6, 6.07) is 4.90. The molecular weight excluding hydrogens is 573 g/mol. The van der Waals surface area contributed by atoms with E-state index in [2.05, 4.69) is 19.6 Å². The third kappa shape index (κ3) is 5.64. The van der Waals surface area contributed by atoms with Gasteiger partial charge in [-0.15, -0.1) is 0 Å². The molecule has 0 unspecified atom stereocenters. The molecular formula is C28H27F3N6O6. The first-order valence-electron chi connectivity index (χ1n) is 13.6. The summed E-state index contributed by atoms with van der Waals surface area (Å²) in [5.74, 6) is -0.227. The van der Waals surface area contributed by atoms with E-state index in [-0.39, 0.29) is 53.7 Å². The van der Waals surface area contributed by atoms with Crippen LogP contribution in [0.4, 0.5) is 13.2 Å². The van der Waals surface area contributed by atoms with Crippen LogP contribution >= 0.6 is 0 Å². The Labute approximate surface area is 242 Å². The van der Waals surface area contributed by atoms with Crippen LogP contribution in [-0.4, -0.2) is 91.7 Å². The number of nitrogens with zero attached hydrogens (tertiary/aromatic N) is 6. The van der Waals surface area contributed by atoms with Crippen LogP contribution in [0.2, 0.25) is 0 Å². The van der Waals surface area contributed by atoms with Crippen LogP contribution in [0.15, 0.2) is 47.6 Å². The first kappa shape index (κ1) is 28.6. The fraction of sp³-hybridized carbons (Fsp3) is 0.393. The first-order valence-corrected chi connectivity index (χ1v) is 13.6. The van der Waals surface area contributed by atoms with Crippen LogP contribution in [0.1, 0.15) is 28.0 Å². The van der Waals surface area contributed by atoms with Gasteiger partial charge in [-0.2, -0.15) is 13.2 Å². The van der Waals surface area contributed by atoms with Gasteiger partial charge in [0.05, 0.1) is 42.7 Å². The second kappa shape index (κ2) is 11.3. The second-order valence-electron chi connectivity index (χ2n) is 10.5. The minimum absolute atomic E-state index is 0.0499. The monoisotopic (exact) mass is 600 g/mol. The smallest absolute Gasteiger partial charge is 0.436 e. The number of halogens is 3. The molecule has 2 fully saturated rings. The summed E-state index contributed by atoms with van der Waals surface area (Å²) in [5.41, 5.74) is -0.0632. The van der Waals surface area contributed by atoms with Crippen LogP contribution < -0.4 is 4.74 Å². The van der Waals surface area contributed by atoms with Gasteiger partial charge >= 0.3 is 6.18 Å². The van der Waals surface area contributed by atoms with E-state index in [1.807, 2.05) is 0 Å². The Hall–Kier alpha value is -4.50. The summed E-state index contributed by atoms with van der Waals surface area (Å²) in [4.78, 5) is 37.9. The molecule has 226 valence electrons. The van der Waals surface area contributed by atoms with E-state index < -0.39 is 18.0 Å². The molecule has 15 heteroatoms. The summed E-state index contributed by atoms with van der Waals surface area (Å²) in [6.07, 6.45) is -0.0167. The molecule has 2 amide bonds. The van der Waals surface area contributed by atoms with Crippen LogP contribution in [0.25, 0.3) is 16.9 Å². The van der Waals surface area contributed by atoms with Gasteiger partial charge < -0.3 is 28.9 Å². The Morgan fingerprint density at radius 1 is 1.09 bits per heavy atom. The van der Waals surface area contributed by atoms with Crippen LogP contribution in [0, 0.1) is 12.8 Å². The average Bonchev–Trinajstić information content (AvgIpc) is 3.65. The fourth-order valence-corrected chi connectivity index (χ4v) is 5.38. The Morgan fingerprint density at radius 3 is 2.58 bits per heavy atom. The zero-order valence-electron chi connectivity index (χ0n) is 23.0. The van der Waals surface area contributed by atoms with Crippen molar-refractivity contribution in [1.82, 2.24) is 29.3 Å². The number of rotatable bonds is 5. The maximum atomic E-state index is 13.4. The van der Waals surface area contributed by atoms with Gasteiger partial charge in [0.1, 0.15) is 12.0 Å². The summed E-state index contributed by atoms with van der Waals surface area (Å²) in [5, 5.41) is 12.9. The van der Waals surface area contributed by atoms with Crippen LogP contribution in [0.5, 0.6) is 11.6 Å². The Kier molecular flexibility index (Phi) is 7.52. The summed E-state index contributed by atoms with van der Waals surface area (Å²) in [6.45, 7) is 3.80. The highest BCUT2D eigenvalue weighted by Crippen LogP contribution is 2.37. The molecule has 0 saturated carbocycles. The quantitative estimate of drug-likeness (QED) is 0.366. The minimum Gasteiger partial charge on any atom is -0.436 e. The van der Waals surface area contributed by atoms with E-state index >= 15 is 0 Å². The number of imidazole rings is 1. The van der Waals surface area contributed by atoms with Gasteiger partial charge in [0.25, 0.3) is 11.8 Å².